The van der Waals surface area contributed by atoms with Crippen molar-refractivity contribution in [3.05, 3.63) is 35.0 Å². The Hall–Kier alpha value is -0.970. The van der Waals surface area contributed by atoms with Gasteiger partial charge in [-0.3, -0.25) is 9.69 Å². The van der Waals surface area contributed by atoms with Crippen LogP contribution in [0.2, 0.25) is 5.02 Å². The van der Waals surface area contributed by atoms with E-state index in [4.69, 9.17) is 16.0 Å². The molecule has 1 aromatic carbocycles. The highest BCUT2D eigenvalue weighted by Crippen LogP contribution is 2.26. The summed E-state index contributed by atoms with van der Waals surface area (Å²) in [6.07, 6.45) is 0. The minimum atomic E-state index is -0.0882. The van der Waals surface area contributed by atoms with E-state index in [9.17, 15) is 4.79 Å². The minimum absolute atomic E-state index is 0.0574. The molecule has 0 saturated carbocycles. The molecule has 0 aliphatic carbocycles. The molecule has 1 fully saturated rings. The molecule has 0 bridgehead atoms. The summed E-state index contributed by atoms with van der Waals surface area (Å²) in [5, 5.41) is 1.53. The van der Waals surface area contributed by atoms with Gasteiger partial charge in [0.1, 0.15) is 5.58 Å². The van der Waals surface area contributed by atoms with Crippen LogP contribution in [0.4, 0.5) is 0 Å². The van der Waals surface area contributed by atoms with E-state index in [2.05, 4.69) is 4.90 Å². The van der Waals surface area contributed by atoms with Crippen molar-refractivity contribution in [2.45, 2.75) is 6.04 Å². The van der Waals surface area contributed by atoms with Crippen molar-refractivity contribution in [1.29, 1.82) is 0 Å². The van der Waals surface area contributed by atoms with Crippen molar-refractivity contribution >= 4 is 40.1 Å². The largest absolute Gasteiger partial charge is 0.453 e. The third-order valence-corrected chi connectivity index (χ3v) is 4.68. The van der Waals surface area contributed by atoms with Gasteiger partial charge < -0.3 is 4.42 Å². The van der Waals surface area contributed by atoms with E-state index in [0.29, 0.717) is 16.4 Å². The summed E-state index contributed by atoms with van der Waals surface area (Å²) < 4.78 is 5.64. The van der Waals surface area contributed by atoms with E-state index >= 15 is 0 Å². The molecular formula is C14H14ClNO2S. The van der Waals surface area contributed by atoms with Gasteiger partial charge in [0.05, 0.1) is 6.04 Å². The standard InChI is InChI=1S/C14H14ClNO2S/c1-16-4-5-19-8-11(16)14(17)13-7-9-6-10(15)2-3-12(9)18-13/h2-3,6-7,11H,4-5,8H2,1H3. The number of benzene rings is 1. The normalized spacial score (nSPS) is 20.8. The van der Waals surface area contributed by atoms with Crippen LogP contribution in [0.15, 0.2) is 28.7 Å². The van der Waals surface area contributed by atoms with Gasteiger partial charge in [0.15, 0.2) is 5.76 Å². The number of hydrogen-bond donors (Lipinski definition) is 0. The molecule has 1 atom stereocenters. The zero-order valence-corrected chi connectivity index (χ0v) is 12.1. The Morgan fingerprint density at radius 3 is 3.11 bits per heavy atom. The van der Waals surface area contributed by atoms with Gasteiger partial charge in [0.25, 0.3) is 0 Å². The first kappa shape index (κ1) is 13.0. The van der Waals surface area contributed by atoms with Gasteiger partial charge in [0, 0.05) is 28.5 Å². The minimum Gasteiger partial charge on any atom is -0.453 e. The molecule has 1 saturated heterocycles. The molecule has 0 radical (unpaired) electrons. The molecule has 1 aliphatic heterocycles. The van der Waals surface area contributed by atoms with Crippen LogP contribution in [-0.4, -0.2) is 41.8 Å². The van der Waals surface area contributed by atoms with Crippen molar-refractivity contribution in [2.24, 2.45) is 0 Å². The Morgan fingerprint density at radius 2 is 2.32 bits per heavy atom. The molecule has 0 N–H and O–H groups in total. The van der Waals surface area contributed by atoms with Crippen LogP contribution in [0.25, 0.3) is 11.0 Å². The Balaban J connectivity index is 1.92. The van der Waals surface area contributed by atoms with E-state index < -0.39 is 0 Å². The van der Waals surface area contributed by atoms with Crippen molar-refractivity contribution in [1.82, 2.24) is 4.90 Å². The summed E-state index contributed by atoms with van der Waals surface area (Å²) in [4.78, 5) is 14.6. The van der Waals surface area contributed by atoms with Gasteiger partial charge in [-0.15, -0.1) is 0 Å². The molecule has 3 nitrogen and oxygen atoms in total. The third-order valence-electron chi connectivity index (χ3n) is 3.42. The van der Waals surface area contributed by atoms with Crippen LogP contribution in [0.3, 0.4) is 0 Å². The highest BCUT2D eigenvalue weighted by molar-refractivity contribution is 7.99. The maximum Gasteiger partial charge on any atom is 0.215 e. The quantitative estimate of drug-likeness (QED) is 0.796. The lowest BCUT2D eigenvalue weighted by atomic mass is 10.1. The fraction of sp³-hybridized carbons (Fsp3) is 0.357. The van der Waals surface area contributed by atoms with Gasteiger partial charge in [0.2, 0.25) is 5.78 Å². The van der Waals surface area contributed by atoms with Gasteiger partial charge >= 0.3 is 0 Å². The second-order valence-corrected chi connectivity index (χ2v) is 6.31. The molecule has 2 aromatic rings. The average Bonchev–Trinajstić information content (AvgIpc) is 2.81. The van der Waals surface area contributed by atoms with E-state index in [1.165, 1.54) is 0 Å². The van der Waals surface area contributed by atoms with E-state index in [0.717, 1.165) is 23.4 Å². The van der Waals surface area contributed by atoms with Crippen LogP contribution < -0.4 is 0 Å². The lowest BCUT2D eigenvalue weighted by Crippen LogP contribution is -2.44. The summed E-state index contributed by atoms with van der Waals surface area (Å²) in [6.45, 7) is 0.938. The first-order valence-corrected chi connectivity index (χ1v) is 7.70. The third kappa shape index (κ3) is 2.53. The zero-order valence-electron chi connectivity index (χ0n) is 10.6. The van der Waals surface area contributed by atoms with Crippen molar-refractivity contribution < 1.29 is 9.21 Å². The predicted molar refractivity (Wildman–Crippen MR) is 79.3 cm³/mol. The lowest BCUT2D eigenvalue weighted by Gasteiger charge is -2.30. The summed E-state index contributed by atoms with van der Waals surface area (Å²) in [6, 6.07) is 7.08. The van der Waals surface area contributed by atoms with E-state index in [1.54, 1.807) is 18.2 Å². The Kier molecular flexibility index (Phi) is 3.56. The number of fused-ring (bicyclic) bond motifs is 1. The van der Waals surface area contributed by atoms with Crippen LogP contribution in [-0.2, 0) is 0 Å². The molecule has 0 amide bonds. The van der Waals surface area contributed by atoms with Gasteiger partial charge in [-0.25, -0.2) is 0 Å². The molecular weight excluding hydrogens is 282 g/mol. The number of halogens is 1. The first-order valence-electron chi connectivity index (χ1n) is 6.16. The maximum absolute atomic E-state index is 12.5. The Labute approximate surface area is 120 Å². The van der Waals surface area contributed by atoms with E-state index in [-0.39, 0.29) is 11.8 Å². The zero-order chi connectivity index (χ0) is 13.4. The van der Waals surface area contributed by atoms with E-state index in [1.807, 2.05) is 24.9 Å². The first-order chi connectivity index (χ1) is 9.15. The van der Waals surface area contributed by atoms with Crippen LogP contribution in [0, 0.1) is 0 Å². The number of ketones is 1. The smallest absolute Gasteiger partial charge is 0.215 e. The number of carbonyl (C=O) groups is 1. The molecule has 3 rings (SSSR count). The Morgan fingerprint density at radius 1 is 1.47 bits per heavy atom. The summed E-state index contributed by atoms with van der Waals surface area (Å²) in [5.41, 5.74) is 0.707. The molecule has 0 spiro atoms. The second kappa shape index (κ2) is 5.19. The van der Waals surface area contributed by atoms with Gasteiger partial charge in [-0.05, 0) is 31.3 Å². The predicted octanol–water partition coefficient (Wildman–Crippen LogP) is 3.32. The fourth-order valence-corrected chi connectivity index (χ4v) is 3.66. The highest BCUT2D eigenvalue weighted by atomic mass is 35.5. The van der Waals surface area contributed by atoms with Crippen molar-refractivity contribution in [3.63, 3.8) is 0 Å². The molecule has 2 heterocycles. The Bertz CT molecular complexity index is 625. The number of thioether (sulfide) groups is 1. The number of furan rings is 1. The number of hydrogen-bond acceptors (Lipinski definition) is 4. The number of Topliss-reactive ketones (excluding diaryl/α,β-unsaturated/α-hetero) is 1. The van der Waals surface area contributed by atoms with Gasteiger partial charge in [-0.1, -0.05) is 11.6 Å². The number of carbonyl (C=O) groups excluding carboxylic acids is 1. The van der Waals surface area contributed by atoms with Crippen LogP contribution in [0.5, 0.6) is 0 Å². The fourth-order valence-electron chi connectivity index (χ4n) is 2.26. The monoisotopic (exact) mass is 295 g/mol. The SMILES string of the molecule is CN1CCSCC1C(=O)c1cc2cc(Cl)ccc2o1. The molecule has 100 valence electrons. The molecule has 1 aliphatic rings. The topological polar surface area (TPSA) is 33.5 Å². The highest BCUT2D eigenvalue weighted by Gasteiger charge is 2.29. The maximum atomic E-state index is 12.5. The molecule has 5 heteroatoms. The van der Waals surface area contributed by atoms with Crippen LogP contribution in [0.1, 0.15) is 10.6 Å². The molecule has 1 aromatic heterocycles. The average molecular weight is 296 g/mol. The lowest BCUT2D eigenvalue weighted by molar-refractivity contribution is 0.0848. The van der Waals surface area contributed by atoms with Crippen molar-refractivity contribution in [3.8, 4) is 0 Å². The van der Waals surface area contributed by atoms with Gasteiger partial charge in [-0.2, -0.15) is 11.8 Å². The molecule has 1 unspecified atom stereocenters. The van der Waals surface area contributed by atoms with Crippen molar-refractivity contribution in [2.75, 3.05) is 25.1 Å². The number of rotatable bonds is 2. The molecule has 19 heavy (non-hydrogen) atoms. The van der Waals surface area contributed by atoms with Crippen LogP contribution >= 0.6 is 23.4 Å². The number of likely N-dealkylation sites (N-methyl/N-ethyl adjacent to an activating group) is 1. The summed E-state index contributed by atoms with van der Waals surface area (Å²) in [5.74, 6) is 2.39. The number of nitrogens with zero attached hydrogens (tertiary/aromatic N) is 1. The summed E-state index contributed by atoms with van der Waals surface area (Å²) >= 11 is 7.76. The summed E-state index contributed by atoms with van der Waals surface area (Å²) in [7, 11) is 1.99. The second-order valence-electron chi connectivity index (χ2n) is 4.73.